The summed E-state index contributed by atoms with van der Waals surface area (Å²) in [6, 6.07) is 16.7. The van der Waals surface area contributed by atoms with E-state index in [4.69, 9.17) is 25.6 Å². The van der Waals surface area contributed by atoms with Crippen molar-refractivity contribution in [2.24, 2.45) is 5.92 Å². The molecule has 3 aromatic rings. The number of carbonyl (C=O) groups excluding carboxylic acids is 2. The van der Waals surface area contributed by atoms with Gasteiger partial charge in [-0.25, -0.2) is 9.96 Å². The van der Waals surface area contributed by atoms with E-state index in [9.17, 15) is 9.59 Å². The number of rotatable bonds is 4. The third-order valence-electron chi connectivity index (χ3n) is 5.36. The molecule has 0 bridgehead atoms. The van der Waals surface area contributed by atoms with Crippen LogP contribution in [0.15, 0.2) is 71.3 Å². The number of halogens is 1. The number of amides is 2. The zero-order chi connectivity index (χ0) is 20.8. The van der Waals surface area contributed by atoms with Crippen molar-refractivity contribution in [1.82, 2.24) is 0 Å². The van der Waals surface area contributed by atoms with Gasteiger partial charge in [0.25, 0.3) is 5.91 Å². The molecule has 2 fully saturated rings. The van der Waals surface area contributed by atoms with Crippen LogP contribution >= 0.6 is 11.6 Å². The van der Waals surface area contributed by atoms with Crippen molar-refractivity contribution >= 4 is 34.8 Å². The lowest BCUT2D eigenvalue weighted by Crippen LogP contribution is -2.37. The van der Waals surface area contributed by atoms with Gasteiger partial charge >= 0.3 is 0 Å². The molecule has 2 aliphatic heterocycles. The van der Waals surface area contributed by atoms with Gasteiger partial charge in [0.15, 0.2) is 6.10 Å². The lowest BCUT2D eigenvalue weighted by atomic mass is 9.94. The predicted octanol–water partition coefficient (Wildman–Crippen LogP) is 3.99. The van der Waals surface area contributed by atoms with E-state index < -0.39 is 24.0 Å². The molecule has 5 rings (SSSR count). The van der Waals surface area contributed by atoms with Crippen LogP contribution in [0.5, 0.6) is 5.75 Å². The van der Waals surface area contributed by atoms with Crippen LogP contribution in [0.4, 0.5) is 11.4 Å². The summed E-state index contributed by atoms with van der Waals surface area (Å²) in [5.41, 5.74) is 1.15. The number of furan rings is 1. The summed E-state index contributed by atoms with van der Waals surface area (Å²) in [6.45, 7) is 0. The molecule has 30 heavy (non-hydrogen) atoms. The second-order valence-electron chi connectivity index (χ2n) is 7.02. The second kappa shape index (κ2) is 7.19. The van der Waals surface area contributed by atoms with Crippen molar-refractivity contribution in [2.75, 3.05) is 17.1 Å². The van der Waals surface area contributed by atoms with E-state index in [1.165, 1.54) is 11.2 Å². The minimum absolute atomic E-state index is 0.340. The predicted molar refractivity (Wildman–Crippen MR) is 109 cm³/mol. The molecule has 2 saturated heterocycles. The SMILES string of the molecule is COc1ccc(N2C(=O)C3ON(c4ccc(Cl)cc4)C(c4ccco4)C3C2=O)cc1. The van der Waals surface area contributed by atoms with Crippen LogP contribution in [0.1, 0.15) is 11.8 Å². The topological polar surface area (TPSA) is 72.2 Å². The third kappa shape index (κ3) is 2.86. The number of ether oxygens (including phenoxy) is 1. The van der Waals surface area contributed by atoms with Gasteiger partial charge in [-0.05, 0) is 60.7 Å². The maximum absolute atomic E-state index is 13.4. The molecular weight excluding hydrogens is 408 g/mol. The van der Waals surface area contributed by atoms with Gasteiger partial charge in [0.05, 0.1) is 24.7 Å². The average molecular weight is 425 g/mol. The van der Waals surface area contributed by atoms with Crippen molar-refractivity contribution in [3.05, 3.63) is 77.7 Å². The summed E-state index contributed by atoms with van der Waals surface area (Å²) in [6.07, 6.45) is 0.580. The van der Waals surface area contributed by atoms with Crippen molar-refractivity contribution in [3.8, 4) is 5.75 Å². The first-order chi connectivity index (χ1) is 14.6. The van der Waals surface area contributed by atoms with E-state index in [0.717, 1.165) is 0 Å². The highest BCUT2D eigenvalue weighted by molar-refractivity contribution is 6.30. The zero-order valence-electron chi connectivity index (χ0n) is 15.9. The molecule has 0 radical (unpaired) electrons. The van der Waals surface area contributed by atoms with E-state index in [0.29, 0.717) is 27.9 Å². The van der Waals surface area contributed by atoms with Crippen LogP contribution < -0.4 is 14.7 Å². The van der Waals surface area contributed by atoms with Crippen LogP contribution in [0.2, 0.25) is 5.02 Å². The number of methoxy groups -OCH3 is 1. The summed E-state index contributed by atoms with van der Waals surface area (Å²) in [7, 11) is 1.55. The minimum atomic E-state index is -0.953. The summed E-state index contributed by atoms with van der Waals surface area (Å²) >= 11 is 6.00. The Hall–Kier alpha value is -3.29. The van der Waals surface area contributed by atoms with Crippen LogP contribution in [-0.2, 0) is 14.4 Å². The molecule has 7 nitrogen and oxygen atoms in total. The van der Waals surface area contributed by atoms with Crippen molar-refractivity contribution in [3.63, 3.8) is 0 Å². The van der Waals surface area contributed by atoms with Crippen molar-refractivity contribution in [1.29, 1.82) is 0 Å². The van der Waals surface area contributed by atoms with E-state index in [2.05, 4.69) is 0 Å². The Kier molecular flexibility index (Phi) is 4.49. The summed E-state index contributed by atoms with van der Waals surface area (Å²) in [5.74, 6) is -0.329. The second-order valence-corrected chi connectivity index (χ2v) is 7.46. The molecular formula is C22H17ClN2O5. The number of carbonyl (C=O) groups is 2. The smallest absolute Gasteiger partial charge is 0.266 e. The van der Waals surface area contributed by atoms with Crippen LogP contribution in [0.25, 0.3) is 0 Å². The Bertz CT molecular complexity index is 1080. The number of benzene rings is 2. The highest BCUT2D eigenvalue weighted by Crippen LogP contribution is 2.47. The fourth-order valence-electron chi connectivity index (χ4n) is 3.96. The molecule has 0 saturated carbocycles. The highest BCUT2D eigenvalue weighted by Gasteiger charge is 2.61. The van der Waals surface area contributed by atoms with Crippen molar-refractivity contribution < 1.29 is 23.6 Å². The maximum Gasteiger partial charge on any atom is 0.266 e. The van der Waals surface area contributed by atoms with Gasteiger partial charge in [-0.3, -0.25) is 14.4 Å². The summed E-state index contributed by atoms with van der Waals surface area (Å²) in [5, 5.41) is 2.14. The molecule has 0 aliphatic carbocycles. The normalized spacial score (nSPS) is 23.2. The van der Waals surface area contributed by atoms with Crippen LogP contribution in [0.3, 0.4) is 0 Å². The number of nitrogens with zero attached hydrogens (tertiary/aromatic N) is 2. The highest BCUT2D eigenvalue weighted by atomic mass is 35.5. The Labute approximate surface area is 177 Å². The monoisotopic (exact) mass is 424 g/mol. The van der Waals surface area contributed by atoms with Gasteiger partial charge in [-0.2, -0.15) is 0 Å². The zero-order valence-corrected chi connectivity index (χ0v) is 16.7. The maximum atomic E-state index is 13.4. The van der Waals surface area contributed by atoms with Crippen molar-refractivity contribution in [2.45, 2.75) is 12.1 Å². The van der Waals surface area contributed by atoms with Crippen LogP contribution in [0, 0.1) is 5.92 Å². The first kappa shape index (κ1) is 18.7. The lowest BCUT2D eigenvalue weighted by Gasteiger charge is -2.27. The Morgan fingerprint density at radius 2 is 1.63 bits per heavy atom. The Morgan fingerprint density at radius 3 is 2.27 bits per heavy atom. The fourth-order valence-corrected chi connectivity index (χ4v) is 4.09. The molecule has 152 valence electrons. The Morgan fingerprint density at radius 1 is 0.933 bits per heavy atom. The van der Waals surface area contributed by atoms with E-state index in [-0.39, 0.29) is 5.91 Å². The fraction of sp³-hybridized carbons (Fsp3) is 0.182. The molecule has 0 N–H and O–H groups in total. The third-order valence-corrected chi connectivity index (χ3v) is 5.61. The molecule has 3 heterocycles. The van der Waals surface area contributed by atoms with Gasteiger partial charge in [-0.1, -0.05) is 11.6 Å². The number of fused-ring (bicyclic) bond motifs is 1. The Balaban J connectivity index is 1.53. The molecule has 2 amide bonds. The quantitative estimate of drug-likeness (QED) is 0.590. The molecule has 0 spiro atoms. The van der Waals surface area contributed by atoms with Crippen LogP contribution in [-0.4, -0.2) is 25.0 Å². The lowest BCUT2D eigenvalue weighted by molar-refractivity contribution is -0.126. The molecule has 8 heteroatoms. The molecule has 3 unspecified atom stereocenters. The van der Waals surface area contributed by atoms with Gasteiger partial charge in [-0.15, -0.1) is 0 Å². The summed E-state index contributed by atoms with van der Waals surface area (Å²) in [4.78, 5) is 33.8. The number of hydroxylamine groups is 1. The number of imide groups is 1. The van der Waals surface area contributed by atoms with Gasteiger partial charge in [0, 0.05) is 5.02 Å². The van der Waals surface area contributed by atoms with Gasteiger partial charge < -0.3 is 9.15 Å². The number of hydrogen-bond acceptors (Lipinski definition) is 6. The first-order valence-corrected chi connectivity index (χ1v) is 9.73. The van der Waals surface area contributed by atoms with E-state index >= 15 is 0 Å². The molecule has 2 aromatic carbocycles. The van der Waals surface area contributed by atoms with Gasteiger partial charge in [0.1, 0.15) is 23.5 Å². The van der Waals surface area contributed by atoms with E-state index in [1.54, 1.807) is 72.8 Å². The summed E-state index contributed by atoms with van der Waals surface area (Å²) < 4.78 is 10.8. The number of hydrogen-bond donors (Lipinski definition) is 0. The minimum Gasteiger partial charge on any atom is -0.497 e. The molecule has 2 aliphatic rings. The largest absolute Gasteiger partial charge is 0.497 e. The van der Waals surface area contributed by atoms with E-state index in [1.807, 2.05) is 0 Å². The molecule has 1 aromatic heterocycles. The van der Waals surface area contributed by atoms with Gasteiger partial charge in [0.2, 0.25) is 5.91 Å². The average Bonchev–Trinajstić information content (AvgIpc) is 3.47. The first-order valence-electron chi connectivity index (χ1n) is 9.35. The standard InChI is InChI=1S/C22H17ClN2O5/c1-28-16-10-8-14(9-11-16)24-21(26)18-19(17-3-2-12-29-17)25(30-20(18)22(24)27)15-6-4-13(23)5-7-15/h2-12,18-20H,1H3. The molecule has 3 atom stereocenters. The number of anilines is 2.